The van der Waals surface area contributed by atoms with Crippen molar-refractivity contribution in [3.8, 4) is 0 Å². The Hall–Kier alpha value is -5.12. The number of H-pyrrole nitrogens is 4. The van der Waals surface area contributed by atoms with E-state index in [1.807, 2.05) is 12.1 Å². The second kappa shape index (κ2) is 12.8. The van der Waals surface area contributed by atoms with Crippen LogP contribution in [0.5, 0.6) is 0 Å². The van der Waals surface area contributed by atoms with Gasteiger partial charge in [0.25, 0.3) is 0 Å². The van der Waals surface area contributed by atoms with Gasteiger partial charge in [0, 0.05) is 66.1 Å². The van der Waals surface area contributed by atoms with E-state index in [-0.39, 0.29) is 10.8 Å². The fourth-order valence-corrected chi connectivity index (χ4v) is 7.43. The molecule has 2 aromatic carbocycles. The quantitative estimate of drug-likeness (QED) is 0.209. The van der Waals surface area contributed by atoms with Crippen molar-refractivity contribution in [3.63, 3.8) is 0 Å². The van der Waals surface area contributed by atoms with E-state index in [0.717, 1.165) is 77.6 Å². The smallest absolute Gasteiger partial charge is 0.187 e. The zero-order chi connectivity index (χ0) is 35.5. The Morgan fingerprint density at radius 1 is 0.404 bits per heavy atom. The number of fused-ring (bicyclic) bond motifs is 8. The summed E-state index contributed by atoms with van der Waals surface area (Å²) in [4.78, 5) is 15.2. The summed E-state index contributed by atoms with van der Waals surface area (Å²) >= 11 is 0. The number of rotatable bonds is 4. The lowest BCUT2D eigenvalue weighted by Crippen LogP contribution is -2.40. The van der Waals surface area contributed by atoms with Crippen LogP contribution in [-0.2, 0) is 18.9 Å². The highest BCUT2D eigenvalue weighted by molar-refractivity contribution is 5.81. The molecular formula is C44H44N4O4. The molecule has 0 radical (unpaired) electrons. The summed E-state index contributed by atoms with van der Waals surface area (Å²) in [6.07, 6.45) is -1.12. The lowest BCUT2D eigenvalue weighted by atomic mass is 9.95. The molecule has 6 aromatic rings. The first-order valence-corrected chi connectivity index (χ1v) is 18.1. The Kier molecular flexibility index (Phi) is 8.08. The summed E-state index contributed by atoms with van der Waals surface area (Å²) in [6.45, 7) is 11.0. The molecule has 8 heteroatoms. The minimum Gasteiger partial charge on any atom is -0.355 e. The SMILES string of the molecule is CC1(C)COC(C2=c3ccc([nH]3)=C(c3ccccc3)c3ccc([nH]3)C(C3OCC(C)(C)CO3)=c3ccc([nH]3)=C(c3ccccc3)c3ccc2[nH]3)OC1. The number of aromatic amines is 4. The van der Waals surface area contributed by atoms with Crippen LogP contribution in [0.2, 0.25) is 0 Å². The minimum atomic E-state index is -0.558. The maximum Gasteiger partial charge on any atom is 0.187 e. The Morgan fingerprint density at radius 2 is 0.750 bits per heavy atom. The van der Waals surface area contributed by atoms with E-state index < -0.39 is 12.6 Å². The second-order valence-corrected chi connectivity index (χ2v) is 15.7. The van der Waals surface area contributed by atoms with Crippen molar-refractivity contribution in [3.05, 3.63) is 164 Å². The van der Waals surface area contributed by atoms with E-state index in [4.69, 9.17) is 18.9 Å². The number of hydrogen-bond acceptors (Lipinski definition) is 4. The van der Waals surface area contributed by atoms with Gasteiger partial charge < -0.3 is 38.9 Å². The summed E-state index contributed by atoms with van der Waals surface area (Å²) < 4.78 is 25.9. The molecule has 4 aromatic heterocycles. The summed E-state index contributed by atoms with van der Waals surface area (Å²) in [7, 11) is 0. The minimum absolute atomic E-state index is 0.0733. The number of benzene rings is 2. The van der Waals surface area contributed by atoms with Crippen molar-refractivity contribution in [2.75, 3.05) is 26.4 Å². The van der Waals surface area contributed by atoms with Gasteiger partial charge in [0.2, 0.25) is 0 Å². The van der Waals surface area contributed by atoms with E-state index in [1.54, 1.807) is 0 Å². The van der Waals surface area contributed by atoms with Crippen LogP contribution >= 0.6 is 0 Å². The van der Waals surface area contributed by atoms with Gasteiger partial charge in [0.1, 0.15) is 0 Å². The molecule has 0 atom stereocenters. The van der Waals surface area contributed by atoms with E-state index in [2.05, 4.69) is 145 Å². The molecule has 0 spiro atoms. The highest BCUT2D eigenvalue weighted by Gasteiger charge is 2.34. The van der Waals surface area contributed by atoms with Crippen LogP contribution in [-0.4, -0.2) is 58.9 Å². The Labute approximate surface area is 302 Å². The maximum atomic E-state index is 6.47. The highest BCUT2D eigenvalue weighted by atomic mass is 16.7. The third-order valence-corrected chi connectivity index (χ3v) is 10.1. The van der Waals surface area contributed by atoms with Crippen LogP contribution in [0.15, 0.2) is 109 Å². The van der Waals surface area contributed by atoms with Gasteiger partial charge >= 0.3 is 0 Å². The van der Waals surface area contributed by atoms with Crippen molar-refractivity contribution in [1.82, 2.24) is 19.9 Å². The molecule has 52 heavy (non-hydrogen) atoms. The third-order valence-electron chi connectivity index (χ3n) is 10.1. The van der Waals surface area contributed by atoms with Crippen LogP contribution in [0.4, 0.5) is 0 Å². The van der Waals surface area contributed by atoms with Crippen LogP contribution in [0.3, 0.4) is 0 Å². The van der Waals surface area contributed by atoms with Crippen molar-refractivity contribution >= 4 is 22.3 Å². The molecule has 264 valence electrons. The molecule has 3 aliphatic heterocycles. The van der Waals surface area contributed by atoms with Gasteiger partial charge in [0.05, 0.1) is 37.6 Å². The molecule has 7 heterocycles. The van der Waals surface area contributed by atoms with Gasteiger partial charge in [-0.25, -0.2) is 0 Å². The van der Waals surface area contributed by atoms with Gasteiger partial charge in [-0.1, -0.05) is 88.4 Å². The maximum absolute atomic E-state index is 6.47. The normalized spacial score (nSPS) is 19.3. The molecule has 4 N–H and O–H groups in total. The van der Waals surface area contributed by atoms with Crippen molar-refractivity contribution in [2.24, 2.45) is 10.8 Å². The van der Waals surface area contributed by atoms with Gasteiger partial charge in [-0.3, -0.25) is 0 Å². The number of ether oxygens (including phenoxy) is 4. The average Bonchev–Trinajstić information content (AvgIpc) is 3.98. The predicted octanol–water partition coefficient (Wildman–Crippen LogP) is 5.00. The Morgan fingerprint density at radius 3 is 1.13 bits per heavy atom. The van der Waals surface area contributed by atoms with Crippen LogP contribution < -0.4 is 21.4 Å². The third kappa shape index (κ3) is 6.11. The van der Waals surface area contributed by atoms with Gasteiger partial charge in [-0.2, -0.15) is 0 Å². The summed E-state index contributed by atoms with van der Waals surface area (Å²) in [6, 6.07) is 38.0. The molecule has 3 aliphatic rings. The Bertz CT molecular complexity index is 2300. The zero-order valence-corrected chi connectivity index (χ0v) is 30.0. The van der Waals surface area contributed by atoms with Crippen molar-refractivity contribution < 1.29 is 18.9 Å². The van der Waals surface area contributed by atoms with E-state index in [1.165, 1.54) is 0 Å². The van der Waals surface area contributed by atoms with Gasteiger partial charge in [-0.15, -0.1) is 0 Å². The molecule has 0 unspecified atom stereocenters. The largest absolute Gasteiger partial charge is 0.355 e. The molecule has 8 nitrogen and oxygen atoms in total. The first-order chi connectivity index (χ1) is 25.2. The van der Waals surface area contributed by atoms with Crippen molar-refractivity contribution in [2.45, 2.75) is 40.3 Å². The highest BCUT2D eigenvalue weighted by Crippen LogP contribution is 2.32. The number of nitrogens with one attached hydrogen (secondary N) is 4. The zero-order valence-electron chi connectivity index (χ0n) is 30.0. The lowest BCUT2D eigenvalue weighted by molar-refractivity contribution is -0.192. The number of hydrogen-bond donors (Lipinski definition) is 4. The molecule has 8 bridgehead atoms. The van der Waals surface area contributed by atoms with E-state index in [9.17, 15) is 0 Å². The first-order valence-electron chi connectivity index (χ1n) is 18.1. The Balaban J connectivity index is 1.35. The van der Waals surface area contributed by atoms with Gasteiger partial charge in [-0.05, 0) is 59.7 Å². The molecule has 0 saturated carbocycles. The fraction of sp³-hybridized carbons (Fsp3) is 0.273. The monoisotopic (exact) mass is 692 g/mol. The van der Waals surface area contributed by atoms with Crippen molar-refractivity contribution in [1.29, 1.82) is 0 Å². The lowest BCUT2D eigenvalue weighted by Gasteiger charge is -2.35. The predicted molar refractivity (Wildman–Crippen MR) is 202 cm³/mol. The first kappa shape index (κ1) is 32.8. The average molecular weight is 693 g/mol. The summed E-state index contributed by atoms with van der Waals surface area (Å²) in [5.41, 5.74) is 9.72. The standard InChI is InChI=1S/C44H44N4O4/c1-43(2)23-49-41(50-24-43)39-33-19-15-29(45-33)37(27-11-7-5-8-12-27)31-17-21-35(47-31)40(42-51-25-44(3,4)26-52-42)36-22-18-32(48-36)38(28-13-9-6-10-14-28)30-16-20-34(39)46-30/h5-22,41-42,45-48H,23-26H2,1-4H3. The number of aromatic nitrogens is 4. The molecule has 9 rings (SSSR count). The van der Waals surface area contributed by atoms with E-state index in [0.29, 0.717) is 26.4 Å². The fourth-order valence-electron chi connectivity index (χ4n) is 7.43. The van der Waals surface area contributed by atoms with E-state index >= 15 is 0 Å². The molecular weight excluding hydrogens is 649 g/mol. The molecule has 0 amide bonds. The summed E-state index contributed by atoms with van der Waals surface area (Å²) in [5.74, 6) is 0. The molecule has 2 saturated heterocycles. The van der Waals surface area contributed by atoms with Crippen LogP contribution in [0, 0.1) is 10.8 Å². The molecule has 0 aliphatic carbocycles. The van der Waals surface area contributed by atoms with Gasteiger partial charge in [0.15, 0.2) is 12.6 Å². The summed E-state index contributed by atoms with van der Waals surface area (Å²) in [5, 5.41) is 3.77. The van der Waals surface area contributed by atoms with Crippen LogP contribution in [0.1, 0.15) is 61.6 Å². The van der Waals surface area contributed by atoms with Crippen LogP contribution in [0.25, 0.3) is 22.3 Å². The second-order valence-electron chi connectivity index (χ2n) is 15.7. The molecule has 2 fully saturated rings. The topological polar surface area (TPSA) is 100 Å².